The monoisotopic (exact) mass is 284 g/mol. The highest BCUT2D eigenvalue weighted by Gasteiger charge is 2.16. The van der Waals surface area contributed by atoms with Crippen LogP contribution in [0.4, 0.5) is 0 Å². The minimum Gasteiger partial charge on any atom is -0.349 e. The van der Waals surface area contributed by atoms with Gasteiger partial charge >= 0.3 is 0 Å². The van der Waals surface area contributed by atoms with E-state index in [1.54, 1.807) is 0 Å². The number of hydrogen-bond acceptors (Lipinski definition) is 2. The first-order valence-electron chi connectivity index (χ1n) is 6.57. The van der Waals surface area contributed by atoms with Crippen molar-refractivity contribution in [2.45, 2.75) is 46.6 Å². The van der Waals surface area contributed by atoms with E-state index >= 15 is 0 Å². The summed E-state index contributed by atoms with van der Waals surface area (Å²) in [5.74, 6) is 0.110. The van der Waals surface area contributed by atoms with E-state index < -0.39 is 5.56 Å². The Morgan fingerprint density at radius 1 is 1.42 bits per heavy atom. The molecule has 2 N–H and O–H groups in total. The zero-order chi connectivity index (χ0) is 14.6. The number of carbonyl (C=O) groups is 1. The zero-order valence-electron chi connectivity index (χ0n) is 11.8. The van der Waals surface area contributed by atoms with Crippen molar-refractivity contribution in [2.75, 3.05) is 0 Å². The normalized spacial score (nSPS) is 12.5. The molecule has 1 aromatic heterocycles. The number of amides is 1. The Balaban J connectivity index is 2.89. The van der Waals surface area contributed by atoms with Crippen molar-refractivity contribution in [3.05, 3.63) is 32.7 Å². The Morgan fingerprint density at radius 2 is 2.05 bits per heavy atom. The SMILES string of the molecule is CCc1[nH]c(=O)c(C(=O)N[C@H](C)CC(C)C)cc1Cl. The highest BCUT2D eigenvalue weighted by molar-refractivity contribution is 6.31. The number of aromatic nitrogens is 1. The fourth-order valence-corrected chi connectivity index (χ4v) is 2.33. The zero-order valence-corrected chi connectivity index (χ0v) is 12.6. The smallest absolute Gasteiger partial charge is 0.261 e. The first-order valence-corrected chi connectivity index (χ1v) is 6.95. The van der Waals surface area contributed by atoms with Crippen LogP contribution in [0.25, 0.3) is 0 Å². The van der Waals surface area contributed by atoms with Gasteiger partial charge in [0.05, 0.1) is 5.02 Å². The summed E-state index contributed by atoms with van der Waals surface area (Å²) in [4.78, 5) is 26.5. The Kier molecular flexibility index (Phi) is 5.60. The third kappa shape index (κ3) is 4.39. The van der Waals surface area contributed by atoms with Crippen molar-refractivity contribution >= 4 is 17.5 Å². The molecule has 4 nitrogen and oxygen atoms in total. The van der Waals surface area contributed by atoms with Crippen LogP contribution < -0.4 is 10.9 Å². The molecule has 19 heavy (non-hydrogen) atoms. The Hall–Kier alpha value is -1.29. The van der Waals surface area contributed by atoms with E-state index in [1.807, 2.05) is 13.8 Å². The number of carbonyl (C=O) groups excluding carboxylic acids is 1. The highest BCUT2D eigenvalue weighted by Crippen LogP contribution is 2.13. The Morgan fingerprint density at radius 3 is 2.58 bits per heavy atom. The van der Waals surface area contributed by atoms with Gasteiger partial charge in [0.1, 0.15) is 5.56 Å². The number of halogens is 1. The average Bonchev–Trinajstić information content (AvgIpc) is 2.30. The van der Waals surface area contributed by atoms with E-state index in [1.165, 1.54) is 6.07 Å². The van der Waals surface area contributed by atoms with E-state index in [9.17, 15) is 9.59 Å². The molecule has 0 aliphatic rings. The molecule has 1 aromatic rings. The largest absolute Gasteiger partial charge is 0.349 e. The van der Waals surface area contributed by atoms with Crippen LogP contribution in [0.3, 0.4) is 0 Å². The lowest BCUT2D eigenvalue weighted by Crippen LogP contribution is -2.36. The summed E-state index contributed by atoms with van der Waals surface area (Å²) < 4.78 is 0. The first kappa shape index (κ1) is 15.8. The summed E-state index contributed by atoms with van der Waals surface area (Å²) in [6, 6.07) is 1.47. The van der Waals surface area contributed by atoms with Gasteiger partial charge in [0.15, 0.2) is 0 Å². The lowest BCUT2D eigenvalue weighted by atomic mass is 10.0. The molecular formula is C14H21ClN2O2. The number of hydrogen-bond donors (Lipinski definition) is 2. The minimum absolute atomic E-state index is 0.0246. The van der Waals surface area contributed by atoms with Gasteiger partial charge < -0.3 is 10.3 Å². The quantitative estimate of drug-likeness (QED) is 0.873. The summed E-state index contributed by atoms with van der Waals surface area (Å²) in [6.45, 7) is 7.99. The van der Waals surface area contributed by atoms with Gasteiger partial charge in [0.25, 0.3) is 11.5 Å². The number of H-pyrrole nitrogens is 1. The molecule has 1 atom stereocenters. The van der Waals surface area contributed by atoms with Crippen LogP contribution >= 0.6 is 11.6 Å². The van der Waals surface area contributed by atoms with E-state index in [0.29, 0.717) is 23.1 Å². The molecule has 1 heterocycles. The van der Waals surface area contributed by atoms with Crippen molar-refractivity contribution < 1.29 is 4.79 Å². The van der Waals surface area contributed by atoms with Crippen LogP contribution in [0.2, 0.25) is 5.02 Å². The van der Waals surface area contributed by atoms with Crippen molar-refractivity contribution in [1.82, 2.24) is 10.3 Å². The van der Waals surface area contributed by atoms with Crippen molar-refractivity contribution in [3.8, 4) is 0 Å². The van der Waals surface area contributed by atoms with Crippen LogP contribution in [-0.2, 0) is 6.42 Å². The summed E-state index contributed by atoms with van der Waals surface area (Å²) >= 11 is 6.02. The van der Waals surface area contributed by atoms with Gasteiger partial charge in [-0.1, -0.05) is 32.4 Å². The molecule has 0 fully saturated rings. The van der Waals surface area contributed by atoms with Crippen LogP contribution in [0.5, 0.6) is 0 Å². The minimum atomic E-state index is -0.393. The molecule has 5 heteroatoms. The molecule has 0 aromatic carbocycles. The number of aromatic amines is 1. The fourth-order valence-electron chi connectivity index (χ4n) is 2.04. The second-order valence-electron chi connectivity index (χ2n) is 5.20. The van der Waals surface area contributed by atoms with E-state index in [0.717, 1.165) is 6.42 Å². The van der Waals surface area contributed by atoms with E-state index in [4.69, 9.17) is 11.6 Å². The highest BCUT2D eigenvalue weighted by atomic mass is 35.5. The Labute approximate surface area is 118 Å². The predicted molar refractivity (Wildman–Crippen MR) is 77.8 cm³/mol. The molecular weight excluding hydrogens is 264 g/mol. The molecule has 0 aliphatic heterocycles. The van der Waals surface area contributed by atoms with Gasteiger partial charge in [0, 0.05) is 11.7 Å². The van der Waals surface area contributed by atoms with Crippen LogP contribution in [0, 0.1) is 5.92 Å². The fraction of sp³-hybridized carbons (Fsp3) is 0.571. The van der Waals surface area contributed by atoms with Crippen molar-refractivity contribution in [1.29, 1.82) is 0 Å². The number of rotatable bonds is 5. The van der Waals surface area contributed by atoms with Crippen LogP contribution in [0.15, 0.2) is 10.9 Å². The lowest BCUT2D eigenvalue weighted by Gasteiger charge is -2.15. The third-order valence-corrected chi connectivity index (χ3v) is 3.21. The lowest BCUT2D eigenvalue weighted by molar-refractivity contribution is 0.0934. The number of nitrogens with one attached hydrogen (secondary N) is 2. The van der Waals surface area contributed by atoms with Gasteiger partial charge in [-0.25, -0.2) is 0 Å². The molecule has 1 amide bonds. The van der Waals surface area contributed by atoms with Gasteiger partial charge in [-0.15, -0.1) is 0 Å². The molecule has 0 saturated carbocycles. The van der Waals surface area contributed by atoms with E-state index in [2.05, 4.69) is 24.1 Å². The van der Waals surface area contributed by atoms with Gasteiger partial charge in [-0.2, -0.15) is 0 Å². The standard InChI is InChI=1S/C14H21ClN2O2/c1-5-12-11(15)7-10(14(19)17-12)13(18)16-9(4)6-8(2)3/h7-9H,5-6H2,1-4H3,(H,16,18)(H,17,19)/t9-/m1/s1. The topological polar surface area (TPSA) is 62.0 Å². The molecule has 0 radical (unpaired) electrons. The number of pyridine rings is 1. The average molecular weight is 285 g/mol. The van der Waals surface area contributed by atoms with Gasteiger partial charge in [0.2, 0.25) is 0 Å². The maximum absolute atomic E-state index is 12.0. The van der Waals surface area contributed by atoms with Gasteiger partial charge in [-0.3, -0.25) is 9.59 Å². The predicted octanol–water partition coefficient (Wildman–Crippen LogP) is 2.76. The second-order valence-corrected chi connectivity index (χ2v) is 5.60. The maximum Gasteiger partial charge on any atom is 0.261 e. The molecule has 1 rings (SSSR count). The maximum atomic E-state index is 12.0. The summed E-state index contributed by atoms with van der Waals surface area (Å²) in [7, 11) is 0. The molecule has 0 aliphatic carbocycles. The summed E-state index contributed by atoms with van der Waals surface area (Å²) in [6.07, 6.45) is 1.49. The molecule has 0 bridgehead atoms. The van der Waals surface area contributed by atoms with Crippen LogP contribution in [0.1, 0.15) is 50.2 Å². The van der Waals surface area contributed by atoms with Crippen molar-refractivity contribution in [3.63, 3.8) is 0 Å². The molecule has 0 spiro atoms. The third-order valence-electron chi connectivity index (χ3n) is 2.87. The van der Waals surface area contributed by atoms with Gasteiger partial charge in [-0.05, 0) is 31.7 Å². The van der Waals surface area contributed by atoms with Crippen molar-refractivity contribution in [2.24, 2.45) is 5.92 Å². The number of aryl methyl sites for hydroxylation is 1. The Bertz CT molecular complexity index is 509. The first-order chi connectivity index (χ1) is 8.85. The summed E-state index contributed by atoms with van der Waals surface area (Å²) in [5, 5.41) is 3.24. The molecule has 0 unspecified atom stereocenters. The molecule has 0 saturated heterocycles. The summed E-state index contributed by atoms with van der Waals surface area (Å²) in [5.41, 5.74) is 0.326. The second kappa shape index (κ2) is 6.75. The van der Waals surface area contributed by atoms with E-state index in [-0.39, 0.29) is 17.5 Å². The molecule has 106 valence electrons. The van der Waals surface area contributed by atoms with Crippen LogP contribution in [-0.4, -0.2) is 16.9 Å².